The second-order valence-corrected chi connectivity index (χ2v) is 5.41. The lowest BCUT2D eigenvalue weighted by molar-refractivity contribution is -0.112. The third kappa shape index (κ3) is 5.25. The van der Waals surface area contributed by atoms with E-state index in [4.69, 9.17) is 15.1 Å². The Labute approximate surface area is 127 Å². The predicted octanol–water partition coefficient (Wildman–Crippen LogP) is 0.783. The fourth-order valence-corrected chi connectivity index (χ4v) is 1.84. The van der Waals surface area contributed by atoms with Crippen LogP contribution < -0.4 is 10.6 Å². The Morgan fingerprint density at radius 1 is 1.27 bits per heavy atom. The summed E-state index contributed by atoms with van der Waals surface area (Å²) in [6.45, 7) is 0.304. The first-order valence-corrected chi connectivity index (χ1v) is 7.42. The van der Waals surface area contributed by atoms with E-state index in [1.807, 2.05) is 6.07 Å². The fraction of sp³-hybridized carbons (Fsp3) is 0.154. The number of carbonyl (C=O) groups excluding carboxylic acids is 1. The van der Waals surface area contributed by atoms with Crippen molar-refractivity contribution in [3.05, 3.63) is 36.0 Å². The normalized spacial score (nSPS) is 11.1. The third-order valence-corrected chi connectivity index (χ3v) is 3.27. The van der Waals surface area contributed by atoms with Gasteiger partial charge in [-0.25, -0.2) is 0 Å². The van der Waals surface area contributed by atoms with Crippen LogP contribution in [0, 0.1) is 22.7 Å². The van der Waals surface area contributed by atoms with E-state index in [2.05, 4.69) is 10.6 Å². The number of hydrogen-bond donors (Lipinski definition) is 3. The molecule has 8 nitrogen and oxygen atoms in total. The van der Waals surface area contributed by atoms with Gasteiger partial charge in [0.15, 0.2) is 0 Å². The van der Waals surface area contributed by atoms with Crippen molar-refractivity contribution >= 4 is 21.7 Å². The van der Waals surface area contributed by atoms with Gasteiger partial charge in [-0.3, -0.25) is 9.35 Å². The quantitative estimate of drug-likeness (QED) is 0.304. The molecule has 0 bridgehead atoms. The van der Waals surface area contributed by atoms with E-state index < -0.39 is 16.0 Å². The average molecular weight is 320 g/mol. The number of amides is 1. The van der Waals surface area contributed by atoms with Gasteiger partial charge in [-0.15, -0.1) is 0 Å². The number of nitriles is 2. The van der Waals surface area contributed by atoms with E-state index in [9.17, 15) is 13.2 Å². The maximum absolute atomic E-state index is 11.8. The second kappa shape index (κ2) is 7.78. The van der Waals surface area contributed by atoms with Gasteiger partial charge in [0, 0.05) is 18.4 Å². The zero-order valence-electron chi connectivity index (χ0n) is 11.3. The van der Waals surface area contributed by atoms with Gasteiger partial charge in [0.1, 0.15) is 11.6 Å². The number of anilines is 1. The Morgan fingerprint density at radius 2 is 1.91 bits per heavy atom. The highest BCUT2D eigenvalue weighted by molar-refractivity contribution is 7.85. The summed E-state index contributed by atoms with van der Waals surface area (Å²) in [6.07, 6.45) is 1.42. The van der Waals surface area contributed by atoms with E-state index in [1.54, 1.807) is 6.07 Å². The van der Waals surface area contributed by atoms with Crippen LogP contribution >= 0.6 is 0 Å². The highest BCUT2D eigenvalue weighted by atomic mass is 32.2. The van der Waals surface area contributed by atoms with Crippen molar-refractivity contribution in [2.24, 2.45) is 0 Å². The highest BCUT2D eigenvalue weighted by Gasteiger charge is 2.11. The van der Waals surface area contributed by atoms with Crippen LogP contribution in [-0.2, 0) is 14.9 Å². The van der Waals surface area contributed by atoms with Crippen molar-refractivity contribution in [1.82, 2.24) is 5.32 Å². The summed E-state index contributed by atoms with van der Waals surface area (Å²) in [7, 11) is -4.30. The summed E-state index contributed by atoms with van der Waals surface area (Å²) in [5, 5.41) is 22.3. The minimum Gasteiger partial charge on any atom is -0.389 e. The number of rotatable bonds is 6. The van der Waals surface area contributed by atoms with Gasteiger partial charge in [0.25, 0.3) is 16.0 Å². The van der Waals surface area contributed by atoms with Crippen LogP contribution in [0.15, 0.2) is 40.9 Å². The Morgan fingerprint density at radius 3 is 2.41 bits per heavy atom. The molecule has 0 saturated carbocycles. The fourth-order valence-electron chi connectivity index (χ4n) is 1.36. The van der Waals surface area contributed by atoms with E-state index in [-0.39, 0.29) is 22.6 Å². The van der Waals surface area contributed by atoms with Gasteiger partial charge in [-0.05, 0) is 24.3 Å². The summed E-state index contributed by atoms with van der Waals surface area (Å²) in [5.41, 5.74) is 0.0624. The minimum atomic E-state index is -4.30. The molecule has 3 N–H and O–H groups in total. The molecule has 0 aliphatic rings. The Bertz CT molecular complexity index is 755. The minimum absolute atomic E-state index is 0.197. The summed E-state index contributed by atoms with van der Waals surface area (Å²) in [5.74, 6) is -0.688. The number of carbonyl (C=O) groups is 1. The van der Waals surface area contributed by atoms with Crippen LogP contribution in [0.25, 0.3) is 0 Å². The molecule has 1 aromatic carbocycles. The lowest BCUT2D eigenvalue weighted by Gasteiger charge is -2.05. The SMILES string of the molecule is N#CCCN/C=C(/C#N)C(=O)Nc1ccc(S(=O)(=O)O)cc1. The summed E-state index contributed by atoms with van der Waals surface area (Å²) < 4.78 is 30.6. The van der Waals surface area contributed by atoms with Crippen LogP contribution in [0.3, 0.4) is 0 Å². The molecule has 0 aliphatic carbocycles. The molecule has 0 fully saturated rings. The largest absolute Gasteiger partial charge is 0.389 e. The van der Waals surface area contributed by atoms with Crippen molar-refractivity contribution in [2.45, 2.75) is 11.3 Å². The summed E-state index contributed by atoms with van der Waals surface area (Å²) >= 11 is 0. The third-order valence-electron chi connectivity index (χ3n) is 2.40. The predicted molar refractivity (Wildman–Crippen MR) is 76.8 cm³/mol. The van der Waals surface area contributed by atoms with Crippen molar-refractivity contribution in [1.29, 1.82) is 10.5 Å². The zero-order valence-corrected chi connectivity index (χ0v) is 12.1. The molecule has 22 heavy (non-hydrogen) atoms. The molecule has 0 radical (unpaired) electrons. The molecule has 1 aromatic rings. The molecule has 0 heterocycles. The standard InChI is InChI=1S/C13H12N4O4S/c14-6-1-7-16-9-10(8-15)13(18)17-11-2-4-12(5-3-11)22(19,20)21/h2-5,9,16H,1,7H2,(H,17,18)(H,19,20,21)/b10-9-. The van der Waals surface area contributed by atoms with Crippen molar-refractivity contribution in [3.63, 3.8) is 0 Å². The molecule has 0 aliphatic heterocycles. The molecule has 0 unspecified atom stereocenters. The van der Waals surface area contributed by atoms with Gasteiger partial charge < -0.3 is 10.6 Å². The number of nitrogens with one attached hydrogen (secondary N) is 2. The van der Waals surface area contributed by atoms with E-state index in [0.29, 0.717) is 6.54 Å². The van der Waals surface area contributed by atoms with E-state index in [1.165, 1.54) is 18.3 Å². The molecular weight excluding hydrogens is 308 g/mol. The van der Waals surface area contributed by atoms with Gasteiger partial charge in [-0.2, -0.15) is 18.9 Å². The molecule has 1 rings (SSSR count). The van der Waals surface area contributed by atoms with Crippen LogP contribution in [0.5, 0.6) is 0 Å². The second-order valence-electron chi connectivity index (χ2n) is 3.99. The van der Waals surface area contributed by atoms with E-state index in [0.717, 1.165) is 12.1 Å². The molecular formula is C13H12N4O4S. The lowest BCUT2D eigenvalue weighted by atomic mass is 10.2. The van der Waals surface area contributed by atoms with Gasteiger partial charge in [-0.1, -0.05) is 0 Å². The molecule has 1 amide bonds. The Hall–Kier alpha value is -2.88. The topological polar surface area (TPSA) is 143 Å². The van der Waals surface area contributed by atoms with E-state index >= 15 is 0 Å². The van der Waals surface area contributed by atoms with Crippen LogP contribution in [-0.4, -0.2) is 25.4 Å². The highest BCUT2D eigenvalue weighted by Crippen LogP contribution is 2.14. The number of benzene rings is 1. The molecule has 0 aromatic heterocycles. The first-order valence-electron chi connectivity index (χ1n) is 5.98. The molecule has 9 heteroatoms. The average Bonchev–Trinajstić information content (AvgIpc) is 2.47. The smallest absolute Gasteiger partial charge is 0.294 e. The summed E-state index contributed by atoms with van der Waals surface area (Å²) in [4.78, 5) is 11.5. The van der Waals surface area contributed by atoms with Crippen molar-refractivity contribution in [3.8, 4) is 12.1 Å². The van der Waals surface area contributed by atoms with Gasteiger partial charge in [0.2, 0.25) is 0 Å². The number of hydrogen-bond acceptors (Lipinski definition) is 6. The van der Waals surface area contributed by atoms with Crippen molar-refractivity contribution in [2.75, 3.05) is 11.9 Å². The van der Waals surface area contributed by atoms with Crippen LogP contribution in [0.2, 0.25) is 0 Å². The maximum atomic E-state index is 11.8. The first-order chi connectivity index (χ1) is 10.4. The van der Waals surface area contributed by atoms with Crippen LogP contribution in [0.4, 0.5) is 5.69 Å². The lowest BCUT2D eigenvalue weighted by Crippen LogP contribution is -2.17. The van der Waals surface area contributed by atoms with Gasteiger partial charge >= 0.3 is 0 Å². The van der Waals surface area contributed by atoms with Crippen LogP contribution in [0.1, 0.15) is 6.42 Å². The molecule has 0 atom stereocenters. The monoisotopic (exact) mass is 320 g/mol. The molecule has 0 spiro atoms. The Kier molecular flexibility index (Phi) is 6.08. The van der Waals surface area contributed by atoms with Gasteiger partial charge in [0.05, 0.1) is 17.4 Å². The molecule has 114 valence electrons. The van der Waals surface area contributed by atoms with Crippen molar-refractivity contribution < 1.29 is 17.8 Å². The maximum Gasteiger partial charge on any atom is 0.294 e. The zero-order chi connectivity index (χ0) is 16.6. The number of nitrogens with zero attached hydrogens (tertiary/aromatic N) is 2. The first kappa shape index (κ1) is 17.2. The Balaban J connectivity index is 2.75. The summed E-state index contributed by atoms with van der Waals surface area (Å²) in [6, 6.07) is 8.39. The molecule has 0 saturated heterocycles.